The molecule has 0 aliphatic heterocycles. The zero-order chi connectivity index (χ0) is 14.3. The van der Waals surface area contributed by atoms with E-state index in [9.17, 15) is 9.59 Å². The molecule has 0 aliphatic rings. The average Bonchev–Trinajstić information content (AvgIpc) is 2.38. The van der Waals surface area contributed by atoms with E-state index in [2.05, 4.69) is 10.6 Å². The quantitative estimate of drug-likeness (QED) is 0.749. The third-order valence-electron chi connectivity index (χ3n) is 2.60. The van der Waals surface area contributed by atoms with Crippen molar-refractivity contribution in [2.24, 2.45) is 0 Å². The second kappa shape index (κ2) is 7.68. The van der Waals surface area contributed by atoms with Gasteiger partial charge in [0.2, 0.25) is 0 Å². The van der Waals surface area contributed by atoms with Crippen LogP contribution in [0, 0.1) is 0 Å². The Kier molecular flexibility index (Phi) is 6.21. The molecule has 104 valence electrons. The van der Waals surface area contributed by atoms with Crippen LogP contribution in [-0.4, -0.2) is 35.2 Å². The molecule has 19 heavy (non-hydrogen) atoms. The molecule has 1 rings (SSSR count). The molecule has 0 aliphatic carbocycles. The number of carboxylic acid groups (broad SMARTS) is 1. The molecule has 0 fully saturated rings. The molecule has 0 saturated heterocycles. The number of anilines is 1. The van der Waals surface area contributed by atoms with Crippen LogP contribution in [0.3, 0.4) is 0 Å². The number of carboxylic acids is 1. The fourth-order valence-corrected chi connectivity index (χ4v) is 2.31. The number of urea groups is 1. The predicted octanol–water partition coefficient (Wildman–Crippen LogP) is 2.65. The number of aromatic carboxylic acids is 1. The van der Waals surface area contributed by atoms with Crippen molar-refractivity contribution in [2.75, 3.05) is 17.3 Å². The first-order valence-electron chi connectivity index (χ1n) is 5.97. The number of nitrogens with one attached hydrogen (secondary N) is 2. The number of para-hydroxylation sites is 1. The van der Waals surface area contributed by atoms with Crippen molar-refractivity contribution in [1.82, 2.24) is 5.32 Å². The Balaban J connectivity index is 2.69. The Morgan fingerprint density at radius 2 is 2.05 bits per heavy atom. The largest absolute Gasteiger partial charge is 0.478 e. The Hall–Kier alpha value is -1.69. The fourth-order valence-electron chi connectivity index (χ4n) is 1.59. The second-order valence-electron chi connectivity index (χ2n) is 4.01. The summed E-state index contributed by atoms with van der Waals surface area (Å²) in [5.74, 6) is -0.239. The number of thioether (sulfide) groups is 1. The van der Waals surface area contributed by atoms with Crippen LogP contribution in [0.25, 0.3) is 0 Å². The van der Waals surface area contributed by atoms with Crippen LogP contribution < -0.4 is 10.6 Å². The van der Waals surface area contributed by atoms with Crippen molar-refractivity contribution in [1.29, 1.82) is 0 Å². The van der Waals surface area contributed by atoms with Gasteiger partial charge in [0.15, 0.2) is 0 Å². The van der Waals surface area contributed by atoms with E-state index >= 15 is 0 Å². The minimum absolute atomic E-state index is 0.0759. The summed E-state index contributed by atoms with van der Waals surface area (Å²) in [5, 5.41) is 14.4. The van der Waals surface area contributed by atoms with Gasteiger partial charge in [0.05, 0.1) is 11.3 Å². The highest BCUT2D eigenvalue weighted by atomic mass is 32.2. The van der Waals surface area contributed by atoms with E-state index < -0.39 is 5.97 Å². The van der Waals surface area contributed by atoms with Gasteiger partial charge < -0.3 is 15.7 Å². The molecule has 1 unspecified atom stereocenters. The van der Waals surface area contributed by atoms with Crippen molar-refractivity contribution in [3.63, 3.8) is 0 Å². The smallest absolute Gasteiger partial charge is 0.337 e. The Labute approximate surface area is 116 Å². The lowest BCUT2D eigenvalue weighted by atomic mass is 10.2. The summed E-state index contributed by atoms with van der Waals surface area (Å²) < 4.78 is 0. The molecule has 0 spiro atoms. The van der Waals surface area contributed by atoms with Crippen LogP contribution in [0.4, 0.5) is 10.5 Å². The molecule has 0 radical (unpaired) electrons. The van der Waals surface area contributed by atoms with E-state index in [0.717, 1.165) is 12.2 Å². The topological polar surface area (TPSA) is 78.4 Å². The average molecular weight is 282 g/mol. The first kappa shape index (κ1) is 15.4. The number of hydrogen-bond donors (Lipinski definition) is 3. The molecule has 0 aromatic heterocycles. The summed E-state index contributed by atoms with van der Waals surface area (Å²) >= 11 is 1.65. The van der Waals surface area contributed by atoms with E-state index in [-0.39, 0.29) is 17.6 Å². The maximum Gasteiger partial charge on any atom is 0.337 e. The van der Waals surface area contributed by atoms with Gasteiger partial charge in [0.1, 0.15) is 0 Å². The monoisotopic (exact) mass is 282 g/mol. The van der Waals surface area contributed by atoms with Crippen LogP contribution in [0.1, 0.15) is 23.7 Å². The maximum absolute atomic E-state index is 11.8. The third kappa shape index (κ3) is 4.82. The van der Waals surface area contributed by atoms with E-state index in [4.69, 9.17) is 5.11 Å². The zero-order valence-electron chi connectivity index (χ0n) is 11.0. The molecule has 5 nitrogen and oxygen atoms in total. The van der Waals surface area contributed by atoms with Gasteiger partial charge >= 0.3 is 12.0 Å². The molecule has 0 bridgehead atoms. The molecule has 3 N–H and O–H groups in total. The van der Waals surface area contributed by atoms with Crippen LogP contribution >= 0.6 is 11.8 Å². The Bertz CT molecular complexity index is 451. The lowest BCUT2D eigenvalue weighted by Gasteiger charge is -2.16. The minimum atomic E-state index is -1.06. The summed E-state index contributed by atoms with van der Waals surface area (Å²) in [7, 11) is 0. The number of benzene rings is 1. The highest BCUT2D eigenvalue weighted by Gasteiger charge is 2.13. The molecule has 1 aromatic carbocycles. The molecule has 0 heterocycles. The summed E-state index contributed by atoms with van der Waals surface area (Å²) in [5.41, 5.74) is 0.377. The van der Waals surface area contributed by atoms with Crippen molar-refractivity contribution in [3.8, 4) is 0 Å². The molecule has 1 aromatic rings. The van der Waals surface area contributed by atoms with Gasteiger partial charge in [-0.25, -0.2) is 9.59 Å². The van der Waals surface area contributed by atoms with Gasteiger partial charge in [-0.05, 0) is 24.8 Å². The molecular weight excluding hydrogens is 264 g/mol. The first-order chi connectivity index (χ1) is 9.08. The lowest BCUT2D eigenvalue weighted by Crippen LogP contribution is -2.39. The fraction of sp³-hybridized carbons (Fsp3) is 0.385. The molecule has 1 atom stereocenters. The third-order valence-corrected chi connectivity index (χ3v) is 3.34. The molecular formula is C13H18N2O3S. The summed E-state index contributed by atoms with van der Waals surface area (Å²) in [6, 6.07) is 6.02. The van der Waals surface area contributed by atoms with Gasteiger partial charge in [-0.3, -0.25) is 0 Å². The predicted molar refractivity (Wildman–Crippen MR) is 78.0 cm³/mol. The van der Waals surface area contributed by atoms with Crippen molar-refractivity contribution in [2.45, 2.75) is 19.4 Å². The Morgan fingerprint density at radius 1 is 1.37 bits per heavy atom. The van der Waals surface area contributed by atoms with Gasteiger partial charge in [0, 0.05) is 11.8 Å². The van der Waals surface area contributed by atoms with Crippen LogP contribution in [-0.2, 0) is 0 Å². The SMILES string of the molecule is CCC(CSC)NC(=O)Nc1ccccc1C(=O)O. The van der Waals surface area contributed by atoms with Gasteiger partial charge in [-0.2, -0.15) is 11.8 Å². The standard InChI is InChI=1S/C13H18N2O3S/c1-3-9(8-19-2)14-13(18)15-11-7-5-4-6-10(11)12(16)17/h4-7,9H,3,8H2,1-2H3,(H,16,17)(H2,14,15,18). The Morgan fingerprint density at radius 3 is 2.63 bits per heavy atom. The number of rotatable bonds is 6. The van der Waals surface area contributed by atoms with Crippen LogP contribution in [0.2, 0.25) is 0 Å². The summed E-state index contributed by atoms with van der Waals surface area (Å²) in [6.45, 7) is 1.99. The highest BCUT2D eigenvalue weighted by molar-refractivity contribution is 7.98. The van der Waals surface area contributed by atoms with Crippen molar-refractivity contribution < 1.29 is 14.7 Å². The van der Waals surface area contributed by atoms with Crippen molar-refractivity contribution in [3.05, 3.63) is 29.8 Å². The maximum atomic E-state index is 11.8. The highest BCUT2D eigenvalue weighted by Crippen LogP contribution is 2.14. The van der Waals surface area contributed by atoms with Gasteiger partial charge in [-0.1, -0.05) is 19.1 Å². The molecule has 2 amide bonds. The van der Waals surface area contributed by atoms with Gasteiger partial charge in [-0.15, -0.1) is 0 Å². The van der Waals surface area contributed by atoms with Crippen LogP contribution in [0.15, 0.2) is 24.3 Å². The van der Waals surface area contributed by atoms with Crippen molar-refractivity contribution >= 4 is 29.4 Å². The van der Waals surface area contributed by atoms with Crippen LogP contribution in [0.5, 0.6) is 0 Å². The first-order valence-corrected chi connectivity index (χ1v) is 7.36. The zero-order valence-corrected chi connectivity index (χ0v) is 11.8. The summed E-state index contributed by atoms with van der Waals surface area (Å²) in [6.07, 6.45) is 2.80. The van der Waals surface area contributed by atoms with E-state index in [0.29, 0.717) is 5.69 Å². The summed E-state index contributed by atoms with van der Waals surface area (Å²) in [4.78, 5) is 22.8. The normalized spacial score (nSPS) is 11.7. The minimum Gasteiger partial charge on any atom is -0.478 e. The lowest BCUT2D eigenvalue weighted by molar-refractivity contribution is 0.0698. The number of hydrogen-bond acceptors (Lipinski definition) is 3. The molecule has 0 saturated carbocycles. The number of carbonyl (C=O) groups is 2. The number of carbonyl (C=O) groups excluding carboxylic acids is 1. The van der Waals surface area contributed by atoms with E-state index in [1.165, 1.54) is 6.07 Å². The molecule has 6 heteroatoms. The van der Waals surface area contributed by atoms with E-state index in [1.54, 1.807) is 30.0 Å². The second-order valence-corrected chi connectivity index (χ2v) is 4.92. The van der Waals surface area contributed by atoms with Gasteiger partial charge in [0.25, 0.3) is 0 Å². The number of amides is 2. The van der Waals surface area contributed by atoms with E-state index in [1.807, 2.05) is 13.2 Å².